The highest BCUT2D eigenvalue weighted by molar-refractivity contribution is 7.80. The maximum absolute atomic E-state index is 13.8. The molecule has 0 saturated heterocycles. The van der Waals surface area contributed by atoms with E-state index >= 15 is 0 Å². The van der Waals surface area contributed by atoms with Crippen molar-refractivity contribution >= 4 is 35.0 Å². The molecule has 0 bridgehead atoms. The second kappa shape index (κ2) is 8.94. The van der Waals surface area contributed by atoms with E-state index in [1.165, 1.54) is 30.0 Å². The fourth-order valence-corrected chi connectivity index (χ4v) is 4.75. The number of amides is 2. The number of rotatable bonds is 3. The Bertz CT molecular complexity index is 913. The Balaban J connectivity index is 2.13. The Hall–Kier alpha value is -2.49. The Morgan fingerprint density at radius 2 is 1.81 bits per heavy atom. The van der Waals surface area contributed by atoms with Gasteiger partial charge in [-0.2, -0.15) is 13.2 Å². The number of carboxylic acid groups (broad SMARTS) is 1. The van der Waals surface area contributed by atoms with Crippen LogP contribution in [-0.4, -0.2) is 50.8 Å². The molecule has 10 heteroatoms. The largest absolute Gasteiger partial charge is 0.481 e. The van der Waals surface area contributed by atoms with E-state index in [1.54, 1.807) is 7.05 Å². The third kappa shape index (κ3) is 4.58. The van der Waals surface area contributed by atoms with Crippen LogP contribution in [0, 0.1) is 5.92 Å². The quantitative estimate of drug-likeness (QED) is 0.659. The molecule has 2 aliphatic rings. The minimum atomic E-state index is -4.73. The van der Waals surface area contributed by atoms with Crippen molar-refractivity contribution in [2.75, 3.05) is 7.05 Å². The van der Waals surface area contributed by atoms with Crippen molar-refractivity contribution in [1.29, 1.82) is 0 Å². The van der Waals surface area contributed by atoms with E-state index in [0.29, 0.717) is 0 Å². The molecule has 1 heterocycles. The lowest BCUT2D eigenvalue weighted by molar-refractivity contribution is -0.143. The number of carbonyl (C=O) groups excluding carboxylic acids is 1. The molecule has 1 aliphatic heterocycles. The van der Waals surface area contributed by atoms with E-state index < -0.39 is 35.7 Å². The molecule has 2 atom stereocenters. The van der Waals surface area contributed by atoms with Crippen molar-refractivity contribution in [1.82, 2.24) is 9.80 Å². The number of aliphatic imine (C=N–C) groups is 1. The maximum Gasteiger partial charge on any atom is 0.416 e. The van der Waals surface area contributed by atoms with Crippen LogP contribution in [0.1, 0.15) is 56.2 Å². The van der Waals surface area contributed by atoms with Gasteiger partial charge in [0, 0.05) is 18.8 Å². The Labute approximate surface area is 183 Å². The summed E-state index contributed by atoms with van der Waals surface area (Å²) in [6, 6.07) is 2.52. The van der Waals surface area contributed by atoms with Crippen LogP contribution in [0.3, 0.4) is 0 Å². The average Bonchev–Trinajstić information content (AvgIpc) is 2.72. The van der Waals surface area contributed by atoms with E-state index in [9.17, 15) is 27.9 Å². The number of nitrogens with zero attached hydrogens (tertiary/aromatic N) is 3. The van der Waals surface area contributed by atoms with Crippen molar-refractivity contribution in [3.05, 3.63) is 35.4 Å². The van der Waals surface area contributed by atoms with Gasteiger partial charge in [-0.1, -0.05) is 37.5 Å². The van der Waals surface area contributed by atoms with Gasteiger partial charge >= 0.3 is 18.2 Å². The number of thiocarbonyl (C=S) groups is 1. The zero-order valence-corrected chi connectivity index (χ0v) is 18.0. The number of hydrogen-bond acceptors (Lipinski definition) is 3. The van der Waals surface area contributed by atoms with Crippen LogP contribution >= 0.6 is 12.2 Å². The van der Waals surface area contributed by atoms with Crippen molar-refractivity contribution in [2.24, 2.45) is 10.9 Å². The van der Waals surface area contributed by atoms with Crippen LogP contribution in [0.15, 0.2) is 29.3 Å². The third-order valence-corrected chi connectivity index (χ3v) is 6.29. The number of hydrogen-bond donors (Lipinski definition) is 1. The number of alkyl halides is 3. The predicted octanol–water partition coefficient (Wildman–Crippen LogP) is 4.89. The fraction of sp³-hybridized carbons (Fsp3) is 0.524. The van der Waals surface area contributed by atoms with Crippen LogP contribution in [0.2, 0.25) is 0 Å². The molecule has 1 fully saturated rings. The van der Waals surface area contributed by atoms with Gasteiger partial charge in [-0.25, -0.2) is 9.79 Å². The maximum atomic E-state index is 13.8. The molecule has 0 aromatic heterocycles. The highest BCUT2D eigenvalue weighted by Crippen LogP contribution is 2.42. The van der Waals surface area contributed by atoms with Gasteiger partial charge in [0.15, 0.2) is 0 Å². The molecule has 1 saturated carbocycles. The molecule has 1 aromatic rings. The van der Waals surface area contributed by atoms with E-state index in [-0.39, 0.29) is 22.4 Å². The zero-order chi connectivity index (χ0) is 22.9. The van der Waals surface area contributed by atoms with Gasteiger partial charge < -0.3 is 10.0 Å². The standard InChI is InChI=1S/C21H24F3N3O3S/c1-12-16(18(28)29)17(14-10-6-7-11-15(14)21(22,23)24)27(19(31)25-12)20(30)26(2)13-8-4-3-5-9-13/h6-7,10-11,13,16-17H,3-5,8-9H2,1-2H3,(H,28,29). The summed E-state index contributed by atoms with van der Waals surface area (Å²) >= 11 is 5.27. The number of carbonyl (C=O) groups is 2. The first kappa shape index (κ1) is 23.2. The third-order valence-electron chi connectivity index (χ3n) is 6.00. The van der Waals surface area contributed by atoms with Crippen LogP contribution < -0.4 is 0 Å². The summed E-state index contributed by atoms with van der Waals surface area (Å²) in [4.78, 5) is 32.0. The van der Waals surface area contributed by atoms with Gasteiger partial charge in [0.25, 0.3) is 0 Å². The first-order chi connectivity index (χ1) is 14.5. The molecule has 2 amide bonds. The second-order valence-electron chi connectivity index (χ2n) is 7.94. The number of aliphatic carboxylic acids is 1. The van der Waals surface area contributed by atoms with E-state index in [4.69, 9.17) is 12.2 Å². The van der Waals surface area contributed by atoms with E-state index in [2.05, 4.69) is 4.99 Å². The van der Waals surface area contributed by atoms with Gasteiger partial charge in [-0.3, -0.25) is 9.69 Å². The second-order valence-corrected chi connectivity index (χ2v) is 8.30. The van der Waals surface area contributed by atoms with Gasteiger partial charge in [0.1, 0.15) is 5.92 Å². The highest BCUT2D eigenvalue weighted by Gasteiger charge is 2.48. The molecule has 168 valence electrons. The van der Waals surface area contributed by atoms with Crippen LogP contribution in [-0.2, 0) is 11.0 Å². The molecule has 1 aromatic carbocycles. The zero-order valence-electron chi connectivity index (χ0n) is 17.2. The Morgan fingerprint density at radius 3 is 2.39 bits per heavy atom. The number of halogens is 3. The molecule has 6 nitrogen and oxygen atoms in total. The fourth-order valence-electron chi connectivity index (χ4n) is 4.41. The highest BCUT2D eigenvalue weighted by atomic mass is 32.1. The Morgan fingerprint density at radius 1 is 1.19 bits per heavy atom. The summed E-state index contributed by atoms with van der Waals surface area (Å²) < 4.78 is 41.3. The van der Waals surface area contributed by atoms with Gasteiger partial charge in [0.2, 0.25) is 5.11 Å². The van der Waals surface area contributed by atoms with Gasteiger partial charge in [-0.05, 0) is 43.6 Å². The van der Waals surface area contributed by atoms with Crippen LogP contribution in [0.4, 0.5) is 18.0 Å². The summed E-state index contributed by atoms with van der Waals surface area (Å²) in [7, 11) is 1.58. The van der Waals surface area contributed by atoms with Crippen LogP contribution in [0.5, 0.6) is 0 Å². The van der Waals surface area contributed by atoms with Crippen molar-refractivity contribution in [3.8, 4) is 0 Å². The lowest BCUT2D eigenvalue weighted by Crippen LogP contribution is -2.55. The lowest BCUT2D eigenvalue weighted by Gasteiger charge is -2.42. The summed E-state index contributed by atoms with van der Waals surface area (Å²) in [6.07, 6.45) is -0.223. The minimum absolute atomic E-state index is 0.0591. The monoisotopic (exact) mass is 455 g/mol. The van der Waals surface area contributed by atoms with Crippen molar-refractivity contribution in [3.63, 3.8) is 0 Å². The number of carboxylic acids is 1. The minimum Gasteiger partial charge on any atom is -0.481 e. The Kier molecular flexibility index (Phi) is 6.68. The van der Waals surface area contributed by atoms with Crippen LogP contribution in [0.25, 0.3) is 0 Å². The molecule has 3 rings (SSSR count). The predicted molar refractivity (Wildman–Crippen MR) is 113 cm³/mol. The molecule has 1 aliphatic carbocycles. The first-order valence-electron chi connectivity index (χ1n) is 10.1. The van der Waals surface area contributed by atoms with Gasteiger partial charge in [-0.15, -0.1) is 0 Å². The molecule has 0 radical (unpaired) electrons. The topological polar surface area (TPSA) is 73.2 Å². The first-order valence-corrected chi connectivity index (χ1v) is 10.5. The van der Waals surface area contributed by atoms with Gasteiger partial charge in [0.05, 0.1) is 11.6 Å². The summed E-state index contributed by atoms with van der Waals surface area (Å²) in [5, 5.41) is 9.62. The molecule has 31 heavy (non-hydrogen) atoms. The lowest BCUT2D eigenvalue weighted by atomic mass is 9.84. The normalized spacial score (nSPS) is 22.8. The smallest absolute Gasteiger partial charge is 0.416 e. The molecule has 0 spiro atoms. The van der Waals surface area contributed by atoms with Crippen molar-refractivity contribution < 1.29 is 27.9 Å². The molecular weight excluding hydrogens is 431 g/mol. The van der Waals surface area contributed by atoms with Crippen molar-refractivity contribution in [2.45, 2.75) is 57.3 Å². The summed E-state index contributed by atoms with van der Waals surface area (Å²) in [5.41, 5.74) is -1.25. The van der Waals surface area contributed by atoms with E-state index in [0.717, 1.165) is 43.1 Å². The summed E-state index contributed by atoms with van der Waals surface area (Å²) in [5.74, 6) is -2.83. The molecule has 2 unspecified atom stereocenters. The number of urea groups is 1. The SMILES string of the molecule is CC1=NC(=S)N(C(=O)N(C)C2CCCCC2)C(c2ccccc2C(F)(F)F)C1C(=O)O. The number of benzene rings is 1. The average molecular weight is 456 g/mol. The molecule has 1 N–H and O–H groups in total. The molecular formula is C21H24F3N3O3S. The summed E-state index contributed by atoms with van der Waals surface area (Å²) in [6.45, 7) is 1.40. The van der Waals surface area contributed by atoms with E-state index in [1.807, 2.05) is 0 Å².